The van der Waals surface area contributed by atoms with Crippen molar-refractivity contribution in [3.05, 3.63) is 65.2 Å². The first-order chi connectivity index (χ1) is 12.0. The topological polar surface area (TPSA) is 64.0 Å². The van der Waals surface area contributed by atoms with Crippen molar-refractivity contribution in [1.82, 2.24) is 9.80 Å². The van der Waals surface area contributed by atoms with Crippen molar-refractivity contribution in [2.24, 2.45) is 0 Å². The number of aromatic hydroxyl groups is 1. The monoisotopic (exact) mass is 340 g/mol. The molecule has 0 spiro atoms. The van der Waals surface area contributed by atoms with Crippen LogP contribution in [0, 0.1) is 6.92 Å². The molecule has 0 radical (unpaired) electrons. The van der Waals surface area contributed by atoms with Crippen molar-refractivity contribution in [1.29, 1.82) is 0 Å². The molecule has 1 atom stereocenters. The number of piperazine rings is 1. The summed E-state index contributed by atoms with van der Waals surface area (Å²) in [5.41, 5.74) is 2.69. The van der Waals surface area contributed by atoms with E-state index in [0.29, 0.717) is 25.2 Å². The summed E-state index contributed by atoms with van der Waals surface area (Å²) in [6.07, 6.45) is -0.514. The highest BCUT2D eigenvalue weighted by Crippen LogP contribution is 2.17. The van der Waals surface area contributed by atoms with Crippen molar-refractivity contribution < 1.29 is 15.0 Å². The number of hydrogen-bond acceptors (Lipinski definition) is 4. The minimum atomic E-state index is -0.514. The van der Waals surface area contributed by atoms with E-state index in [1.165, 1.54) is 17.7 Å². The highest BCUT2D eigenvalue weighted by Gasteiger charge is 2.23. The molecular formula is C20H24N2O3. The smallest absolute Gasteiger partial charge is 0.253 e. The van der Waals surface area contributed by atoms with E-state index >= 15 is 0 Å². The Bertz CT molecular complexity index is 705. The number of aliphatic hydroxyl groups is 1. The van der Waals surface area contributed by atoms with Gasteiger partial charge in [0, 0.05) is 38.3 Å². The summed E-state index contributed by atoms with van der Waals surface area (Å²) in [4.78, 5) is 16.5. The molecule has 0 aromatic heterocycles. The molecule has 1 aliphatic rings. The lowest BCUT2D eigenvalue weighted by atomic mass is 10.1. The van der Waals surface area contributed by atoms with Gasteiger partial charge >= 0.3 is 0 Å². The van der Waals surface area contributed by atoms with Gasteiger partial charge < -0.3 is 15.1 Å². The maximum absolute atomic E-state index is 12.5. The number of amides is 1. The fourth-order valence-corrected chi connectivity index (χ4v) is 3.06. The number of β-amino-alcohol motifs (C(OH)–C–C–N with tert-alkyl or cyclic N) is 1. The average molecular weight is 340 g/mol. The predicted octanol–water partition coefficient (Wildman–Crippen LogP) is 2.19. The Morgan fingerprint density at radius 3 is 2.20 bits per heavy atom. The predicted molar refractivity (Wildman–Crippen MR) is 96.6 cm³/mol. The van der Waals surface area contributed by atoms with Gasteiger partial charge in [0.15, 0.2) is 0 Å². The van der Waals surface area contributed by atoms with E-state index in [9.17, 15) is 15.0 Å². The molecule has 2 aromatic carbocycles. The SMILES string of the molecule is Cc1ccc(C(O)CN2CCN(C(=O)c3ccc(O)cc3)CC2)cc1. The molecule has 5 heteroatoms. The second kappa shape index (κ2) is 7.68. The third-order valence-electron chi connectivity index (χ3n) is 4.67. The average Bonchev–Trinajstić information content (AvgIpc) is 2.63. The first-order valence-corrected chi connectivity index (χ1v) is 8.58. The first kappa shape index (κ1) is 17.5. The number of carbonyl (C=O) groups is 1. The highest BCUT2D eigenvalue weighted by molar-refractivity contribution is 5.94. The van der Waals surface area contributed by atoms with E-state index in [1.54, 1.807) is 12.1 Å². The molecule has 2 N–H and O–H groups in total. The van der Waals surface area contributed by atoms with Crippen LogP contribution in [0.2, 0.25) is 0 Å². The van der Waals surface area contributed by atoms with Crippen LogP contribution in [0.1, 0.15) is 27.6 Å². The summed E-state index contributed by atoms with van der Waals surface area (Å²) in [7, 11) is 0. The molecule has 1 fully saturated rings. The fraction of sp³-hybridized carbons (Fsp3) is 0.350. The van der Waals surface area contributed by atoms with Crippen LogP contribution in [-0.4, -0.2) is 58.6 Å². The van der Waals surface area contributed by atoms with E-state index < -0.39 is 6.10 Å². The largest absolute Gasteiger partial charge is 0.508 e. The Morgan fingerprint density at radius 1 is 1.00 bits per heavy atom. The Kier molecular flexibility index (Phi) is 5.36. The molecule has 5 nitrogen and oxygen atoms in total. The number of nitrogens with zero attached hydrogens (tertiary/aromatic N) is 2. The Hall–Kier alpha value is -2.37. The number of benzene rings is 2. The molecule has 3 rings (SSSR count). The molecule has 2 aromatic rings. The van der Waals surface area contributed by atoms with Crippen LogP contribution in [0.25, 0.3) is 0 Å². The lowest BCUT2D eigenvalue weighted by Gasteiger charge is -2.35. The Morgan fingerprint density at radius 2 is 1.60 bits per heavy atom. The van der Waals surface area contributed by atoms with Gasteiger partial charge in [0.1, 0.15) is 5.75 Å². The van der Waals surface area contributed by atoms with Crippen LogP contribution >= 0.6 is 0 Å². The number of aliphatic hydroxyl groups excluding tert-OH is 1. The van der Waals surface area contributed by atoms with E-state index in [4.69, 9.17) is 0 Å². The zero-order valence-corrected chi connectivity index (χ0v) is 14.4. The van der Waals surface area contributed by atoms with Gasteiger partial charge in [-0.3, -0.25) is 9.69 Å². The molecule has 25 heavy (non-hydrogen) atoms. The van der Waals surface area contributed by atoms with Gasteiger partial charge in [-0.05, 0) is 36.8 Å². The third-order valence-corrected chi connectivity index (χ3v) is 4.67. The fourth-order valence-electron chi connectivity index (χ4n) is 3.06. The van der Waals surface area contributed by atoms with Gasteiger partial charge in [0.05, 0.1) is 6.10 Å². The number of hydrogen-bond donors (Lipinski definition) is 2. The summed E-state index contributed by atoms with van der Waals surface area (Å²) in [5.74, 6) is 0.144. The lowest BCUT2D eigenvalue weighted by Crippen LogP contribution is -2.49. The molecular weight excluding hydrogens is 316 g/mol. The van der Waals surface area contributed by atoms with Crippen molar-refractivity contribution in [2.75, 3.05) is 32.7 Å². The van der Waals surface area contributed by atoms with Crippen LogP contribution in [-0.2, 0) is 0 Å². The minimum absolute atomic E-state index is 0.0151. The molecule has 1 aliphatic heterocycles. The summed E-state index contributed by atoms with van der Waals surface area (Å²) < 4.78 is 0. The summed E-state index contributed by atoms with van der Waals surface area (Å²) in [6.45, 7) is 5.37. The molecule has 0 saturated carbocycles. The summed E-state index contributed by atoms with van der Waals surface area (Å²) in [5, 5.41) is 19.7. The normalized spacial score (nSPS) is 16.6. The molecule has 132 valence electrons. The van der Waals surface area contributed by atoms with Gasteiger partial charge in [0.2, 0.25) is 0 Å². The minimum Gasteiger partial charge on any atom is -0.508 e. The van der Waals surface area contributed by atoms with Gasteiger partial charge in [-0.1, -0.05) is 29.8 Å². The van der Waals surface area contributed by atoms with Crippen molar-refractivity contribution in [2.45, 2.75) is 13.0 Å². The van der Waals surface area contributed by atoms with Crippen LogP contribution in [0.3, 0.4) is 0 Å². The molecule has 1 unspecified atom stereocenters. The van der Waals surface area contributed by atoms with Gasteiger partial charge in [0.25, 0.3) is 5.91 Å². The van der Waals surface area contributed by atoms with Crippen LogP contribution in [0.5, 0.6) is 5.75 Å². The van der Waals surface area contributed by atoms with Crippen LogP contribution < -0.4 is 0 Å². The molecule has 1 heterocycles. The number of phenolic OH excluding ortho intramolecular Hbond substituents is 1. The zero-order valence-electron chi connectivity index (χ0n) is 14.4. The molecule has 0 aliphatic carbocycles. The lowest BCUT2D eigenvalue weighted by molar-refractivity contribution is 0.0527. The van der Waals surface area contributed by atoms with E-state index in [-0.39, 0.29) is 11.7 Å². The molecule has 1 saturated heterocycles. The van der Waals surface area contributed by atoms with Crippen LogP contribution in [0.4, 0.5) is 0 Å². The second-order valence-electron chi connectivity index (χ2n) is 6.57. The second-order valence-corrected chi connectivity index (χ2v) is 6.57. The third kappa shape index (κ3) is 4.38. The zero-order chi connectivity index (χ0) is 17.8. The number of rotatable bonds is 4. The molecule has 1 amide bonds. The maximum Gasteiger partial charge on any atom is 0.253 e. The van der Waals surface area contributed by atoms with Crippen molar-refractivity contribution in [3.63, 3.8) is 0 Å². The van der Waals surface area contributed by atoms with E-state index in [0.717, 1.165) is 18.7 Å². The highest BCUT2D eigenvalue weighted by atomic mass is 16.3. The van der Waals surface area contributed by atoms with Crippen molar-refractivity contribution >= 4 is 5.91 Å². The molecule has 0 bridgehead atoms. The Labute approximate surface area is 148 Å². The van der Waals surface area contributed by atoms with E-state index in [1.807, 2.05) is 36.1 Å². The van der Waals surface area contributed by atoms with Crippen LogP contribution in [0.15, 0.2) is 48.5 Å². The van der Waals surface area contributed by atoms with Gasteiger partial charge in [-0.15, -0.1) is 0 Å². The Balaban J connectivity index is 1.52. The number of carbonyl (C=O) groups excluding carboxylic acids is 1. The maximum atomic E-state index is 12.5. The summed E-state index contributed by atoms with van der Waals surface area (Å²) >= 11 is 0. The van der Waals surface area contributed by atoms with E-state index in [2.05, 4.69) is 4.90 Å². The standard InChI is InChI=1S/C20H24N2O3/c1-15-2-4-16(5-3-15)19(24)14-21-10-12-22(13-11-21)20(25)17-6-8-18(23)9-7-17/h2-9,19,23-24H,10-14H2,1H3. The van der Waals surface area contributed by atoms with Crippen molar-refractivity contribution in [3.8, 4) is 5.75 Å². The number of aryl methyl sites for hydroxylation is 1. The summed E-state index contributed by atoms with van der Waals surface area (Å²) in [6, 6.07) is 14.3. The first-order valence-electron chi connectivity index (χ1n) is 8.58. The van der Waals surface area contributed by atoms with Gasteiger partial charge in [-0.25, -0.2) is 0 Å². The quantitative estimate of drug-likeness (QED) is 0.896. The van der Waals surface area contributed by atoms with Gasteiger partial charge in [-0.2, -0.15) is 0 Å². The number of phenols is 1.